The number of nitriles is 1. The third-order valence-electron chi connectivity index (χ3n) is 4.31. The molecule has 1 N–H and O–H groups in total. The highest BCUT2D eigenvalue weighted by Crippen LogP contribution is 2.27. The SMILES string of the molecule is Cc1cc(/C=C(/C#N)C(=O)Nc2cccc(Br)c2)c(C)n1-c1ccccc1Cl. The van der Waals surface area contributed by atoms with Gasteiger partial charge in [0.1, 0.15) is 11.6 Å². The average molecular weight is 455 g/mol. The molecule has 0 aliphatic carbocycles. The minimum Gasteiger partial charge on any atom is -0.321 e. The molecule has 140 valence electrons. The molecule has 4 nitrogen and oxygen atoms in total. The molecule has 0 bridgehead atoms. The fourth-order valence-electron chi connectivity index (χ4n) is 3.01. The standard InChI is InChI=1S/C22H17BrClN3O/c1-14-10-16(15(2)27(14)21-9-4-3-8-20(21)24)11-17(13-25)22(28)26-19-7-5-6-18(23)12-19/h3-12H,1-2H3,(H,26,28)/b17-11-. The maximum atomic E-state index is 12.5. The minimum atomic E-state index is -0.455. The van der Waals surface area contributed by atoms with Crippen LogP contribution >= 0.6 is 27.5 Å². The first kappa shape index (κ1) is 19.9. The first-order chi connectivity index (χ1) is 13.4. The Labute approximate surface area is 177 Å². The van der Waals surface area contributed by atoms with Crippen LogP contribution in [0, 0.1) is 25.2 Å². The zero-order chi connectivity index (χ0) is 20.3. The van der Waals surface area contributed by atoms with Crippen molar-refractivity contribution < 1.29 is 4.79 Å². The number of rotatable bonds is 4. The summed E-state index contributed by atoms with van der Waals surface area (Å²) in [5.74, 6) is -0.455. The van der Waals surface area contributed by atoms with E-state index >= 15 is 0 Å². The van der Waals surface area contributed by atoms with E-state index in [4.69, 9.17) is 11.6 Å². The molecule has 0 spiro atoms. The van der Waals surface area contributed by atoms with Gasteiger partial charge in [0, 0.05) is 21.5 Å². The molecular weight excluding hydrogens is 438 g/mol. The summed E-state index contributed by atoms with van der Waals surface area (Å²) < 4.78 is 2.85. The Hall–Kier alpha value is -2.81. The number of aryl methyl sites for hydroxylation is 1. The number of hydrogen-bond donors (Lipinski definition) is 1. The highest BCUT2D eigenvalue weighted by atomic mass is 79.9. The molecule has 0 atom stereocenters. The van der Waals surface area contributed by atoms with Crippen LogP contribution in [-0.2, 0) is 4.79 Å². The monoisotopic (exact) mass is 453 g/mol. The highest BCUT2D eigenvalue weighted by molar-refractivity contribution is 9.10. The van der Waals surface area contributed by atoms with Crippen LogP contribution in [0.3, 0.4) is 0 Å². The number of nitrogens with zero attached hydrogens (tertiary/aromatic N) is 2. The number of benzene rings is 2. The third-order valence-corrected chi connectivity index (χ3v) is 5.12. The molecule has 3 aromatic rings. The molecule has 0 radical (unpaired) electrons. The van der Waals surface area contributed by atoms with Gasteiger partial charge in [0.2, 0.25) is 0 Å². The highest BCUT2D eigenvalue weighted by Gasteiger charge is 2.15. The zero-order valence-corrected chi connectivity index (χ0v) is 17.7. The quantitative estimate of drug-likeness (QED) is 0.385. The van der Waals surface area contributed by atoms with Gasteiger partial charge < -0.3 is 9.88 Å². The van der Waals surface area contributed by atoms with Gasteiger partial charge >= 0.3 is 0 Å². The Balaban J connectivity index is 1.95. The van der Waals surface area contributed by atoms with E-state index in [1.165, 1.54) is 0 Å². The number of hydrogen-bond acceptors (Lipinski definition) is 2. The molecular formula is C22H17BrClN3O. The first-order valence-electron chi connectivity index (χ1n) is 8.53. The lowest BCUT2D eigenvalue weighted by atomic mass is 10.1. The molecule has 1 heterocycles. The van der Waals surface area contributed by atoms with Crippen molar-refractivity contribution in [2.75, 3.05) is 5.32 Å². The number of carbonyl (C=O) groups is 1. The Morgan fingerprint density at radius 3 is 2.61 bits per heavy atom. The molecule has 2 aromatic carbocycles. The lowest BCUT2D eigenvalue weighted by molar-refractivity contribution is -0.112. The summed E-state index contributed by atoms with van der Waals surface area (Å²) >= 11 is 9.71. The topological polar surface area (TPSA) is 57.8 Å². The van der Waals surface area contributed by atoms with Crippen molar-refractivity contribution in [3.05, 3.63) is 86.6 Å². The molecule has 0 saturated carbocycles. The molecule has 6 heteroatoms. The second-order valence-corrected chi connectivity index (χ2v) is 7.57. The number of halogens is 2. The van der Waals surface area contributed by atoms with E-state index in [1.54, 1.807) is 18.2 Å². The molecule has 0 saturated heterocycles. The van der Waals surface area contributed by atoms with Crippen molar-refractivity contribution >= 4 is 45.2 Å². The van der Waals surface area contributed by atoms with Gasteiger partial charge in [-0.3, -0.25) is 4.79 Å². The Kier molecular flexibility index (Phi) is 6.03. The van der Waals surface area contributed by atoms with Gasteiger partial charge in [-0.2, -0.15) is 5.26 Å². The molecule has 0 fully saturated rings. The Morgan fingerprint density at radius 1 is 1.18 bits per heavy atom. The number of para-hydroxylation sites is 1. The van der Waals surface area contributed by atoms with Crippen LogP contribution in [0.2, 0.25) is 5.02 Å². The van der Waals surface area contributed by atoms with Crippen molar-refractivity contribution in [3.63, 3.8) is 0 Å². The molecule has 0 aliphatic heterocycles. The number of aromatic nitrogens is 1. The fourth-order valence-corrected chi connectivity index (χ4v) is 3.63. The van der Waals surface area contributed by atoms with E-state index < -0.39 is 5.91 Å². The second kappa shape index (κ2) is 8.47. The van der Waals surface area contributed by atoms with Gasteiger partial charge in [-0.1, -0.05) is 45.7 Å². The van der Waals surface area contributed by atoms with Gasteiger partial charge in [-0.05, 0) is 61.9 Å². The van der Waals surface area contributed by atoms with Crippen LogP contribution in [-0.4, -0.2) is 10.5 Å². The zero-order valence-electron chi connectivity index (χ0n) is 15.3. The first-order valence-corrected chi connectivity index (χ1v) is 9.70. The van der Waals surface area contributed by atoms with E-state index in [1.807, 2.05) is 66.9 Å². The Morgan fingerprint density at radius 2 is 1.93 bits per heavy atom. The third kappa shape index (κ3) is 4.19. The molecule has 1 amide bonds. The van der Waals surface area contributed by atoms with Gasteiger partial charge in [0.25, 0.3) is 5.91 Å². The summed E-state index contributed by atoms with van der Waals surface area (Å²) in [4.78, 5) is 12.5. The summed E-state index contributed by atoms with van der Waals surface area (Å²) in [7, 11) is 0. The van der Waals surface area contributed by atoms with Crippen molar-refractivity contribution in [1.82, 2.24) is 4.57 Å². The number of nitrogens with one attached hydrogen (secondary N) is 1. The van der Waals surface area contributed by atoms with Crippen LogP contribution in [0.5, 0.6) is 0 Å². The molecule has 28 heavy (non-hydrogen) atoms. The summed E-state index contributed by atoms with van der Waals surface area (Å²) in [5.41, 5.74) is 4.14. The maximum absolute atomic E-state index is 12.5. The van der Waals surface area contributed by atoms with Crippen LogP contribution in [0.25, 0.3) is 11.8 Å². The Bertz CT molecular complexity index is 1130. The van der Waals surface area contributed by atoms with E-state index in [2.05, 4.69) is 21.2 Å². The second-order valence-electron chi connectivity index (χ2n) is 6.25. The summed E-state index contributed by atoms with van der Waals surface area (Å²) in [5, 5.41) is 12.9. The average Bonchev–Trinajstić information content (AvgIpc) is 2.93. The number of anilines is 1. The fraction of sp³-hybridized carbons (Fsp3) is 0.0909. The minimum absolute atomic E-state index is 0.0272. The number of amides is 1. The predicted molar refractivity (Wildman–Crippen MR) is 117 cm³/mol. The molecule has 0 aliphatic rings. The summed E-state index contributed by atoms with van der Waals surface area (Å²) in [6.45, 7) is 3.89. The largest absolute Gasteiger partial charge is 0.321 e. The van der Waals surface area contributed by atoms with Crippen LogP contribution in [0.1, 0.15) is 17.0 Å². The van der Waals surface area contributed by atoms with Crippen LogP contribution < -0.4 is 5.32 Å². The van der Waals surface area contributed by atoms with Gasteiger partial charge in [0.05, 0.1) is 10.7 Å². The number of carbonyl (C=O) groups excluding carboxylic acids is 1. The maximum Gasteiger partial charge on any atom is 0.266 e. The predicted octanol–water partition coefficient (Wildman–Crippen LogP) is 6.06. The van der Waals surface area contributed by atoms with Gasteiger partial charge in [-0.15, -0.1) is 0 Å². The molecule has 3 rings (SSSR count). The smallest absolute Gasteiger partial charge is 0.266 e. The van der Waals surface area contributed by atoms with E-state index in [9.17, 15) is 10.1 Å². The summed E-state index contributed by atoms with van der Waals surface area (Å²) in [6.07, 6.45) is 1.60. The van der Waals surface area contributed by atoms with Gasteiger partial charge in [-0.25, -0.2) is 0 Å². The van der Waals surface area contributed by atoms with E-state index in [0.717, 1.165) is 27.1 Å². The normalized spacial score (nSPS) is 11.2. The lowest BCUT2D eigenvalue weighted by Crippen LogP contribution is -2.13. The van der Waals surface area contributed by atoms with Crippen LogP contribution in [0.4, 0.5) is 5.69 Å². The van der Waals surface area contributed by atoms with E-state index in [-0.39, 0.29) is 5.57 Å². The van der Waals surface area contributed by atoms with Crippen molar-refractivity contribution in [1.29, 1.82) is 5.26 Å². The van der Waals surface area contributed by atoms with Crippen molar-refractivity contribution in [2.45, 2.75) is 13.8 Å². The van der Waals surface area contributed by atoms with Crippen LogP contribution in [0.15, 0.2) is 64.6 Å². The molecule has 0 unspecified atom stereocenters. The lowest BCUT2D eigenvalue weighted by Gasteiger charge is -2.11. The molecule has 1 aromatic heterocycles. The van der Waals surface area contributed by atoms with E-state index in [0.29, 0.717) is 10.7 Å². The van der Waals surface area contributed by atoms with Crippen molar-refractivity contribution in [2.24, 2.45) is 0 Å². The summed E-state index contributed by atoms with van der Waals surface area (Å²) in [6, 6.07) is 18.7. The van der Waals surface area contributed by atoms with Gasteiger partial charge in [0.15, 0.2) is 0 Å². The van der Waals surface area contributed by atoms with Crippen molar-refractivity contribution in [3.8, 4) is 11.8 Å².